The van der Waals surface area contributed by atoms with Crippen LogP contribution in [0.25, 0.3) is 0 Å². The van der Waals surface area contributed by atoms with Crippen LogP contribution in [0, 0.1) is 11.8 Å². The van der Waals surface area contributed by atoms with E-state index in [9.17, 15) is 9.59 Å². The van der Waals surface area contributed by atoms with Crippen LogP contribution in [-0.2, 0) is 14.3 Å². The van der Waals surface area contributed by atoms with Crippen LogP contribution in [0.3, 0.4) is 0 Å². The predicted octanol–water partition coefficient (Wildman–Crippen LogP) is 2.15. The molecular formula is C15H27NO4. The van der Waals surface area contributed by atoms with Crippen molar-refractivity contribution in [2.75, 3.05) is 20.2 Å². The van der Waals surface area contributed by atoms with Crippen molar-refractivity contribution in [3.8, 4) is 0 Å². The number of aliphatic carboxylic acids is 1. The van der Waals surface area contributed by atoms with Crippen molar-refractivity contribution in [3.63, 3.8) is 0 Å². The van der Waals surface area contributed by atoms with Gasteiger partial charge in [-0.1, -0.05) is 6.92 Å². The van der Waals surface area contributed by atoms with E-state index in [4.69, 9.17) is 9.84 Å². The van der Waals surface area contributed by atoms with Gasteiger partial charge in [-0.25, -0.2) is 0 Å². The lowest BCUT2D eigenvalue weighted by molar-refractivity contribution is -0.139. The number of carbonyl (C=O) groups excluding carboxylic acids is 1. The molecule has 0 aliphatic carbocycles. The fourth-order valence-corrected chi connectivity index (χ4v) is 2.69. The van der Waals surface area contributed by atoms with Gasteiger partial charge < -0.3 is 14.7 Å². The second kappa shape index (κ2) is 7.07. The van der Waals surface area contributed by atoms with Gasteiger partial charge in [-0.2, -0.15) is 0 Å². The van der Waals surface area contributed by atoms with Crippen molar-refractivity contribution in [1.82, 2.24) is 4.90 Å². The quantitative estimate of drug-likeness (QED) is 0.812. The summed E-state index contributed by atoms with van der Waals surface area (Å²) in [6, 6.07) is 0. The zero-order valence-electron chi connectivity index (χ0n) is 13.0. The summed E-state index contributed by atoms with van der Waals surface area (Å²) in [5.41, 5.74) is -0.448. The van der Waals surface area contributed by atoms with Crippen LogP contribution in [0.1, 0.15) is 46.5 Å². The molecule has 0 aromatic carbocycles. The average Bonchev–Trinajstić information content (AvgIpc) is 2.37. The number of amides is 1. The van der Waals surface area contributed by atoms with E-state index in [1.165, 1.54) is 0 Å². The van der Waals surface area contributed by atoms with Crippen molar-refractivity contribution in [1.29, 1.82) is 0 Å². The van der Waals surface area contributed by atoms with Crippen LogP contribution in [0.15, 0.2) is 0 Å². The summed E-state index contributed by atoms with van der Waals surface area (Å²) in [5, 5.41) is 8.88. The predicted molar refractivity (Wildman–Crippen MR) is 76.4 cm³/mol. The highest BCUT2D eigenvalue weighted by Gasteiger charge is 2.31. The number of carbonyl (C=O) groups is 2. The maximum Gasteiger partial charge on any atom is 0.303 e. The van der Waals surface area contributed by atoms with E-state index >= 15 is 0 Å². The Hall–Kier alpha value is -1.10. The molecule has 2 unspecified atom stereocenters. The molecule has 20 heavy (non-hydrogen) atoms. The summed E-state index contributed by atoms with van der Waals surface area (Å²) in [5.74, 6) is -0.265. The van der Waals surface area contributed by atoms with Gasteiger partial charge in [0.05, 0.1) is 12.0 Å². The lowest BCUT2D eigenvalue weighted by Gasteiger charge is -2.37. The molecule has 1 amide bonds. The Balaban J connectivity index is 2.56. The van der Waals surface area contributed by atoms with Gasteiger partial charge in [0.2, 0.25) is 5.91 Å². The second-order valence-electron chi connectivity index (χ2n) is 6.46. The SMILES string of the molecule is COC(C)(C)CC(=O)N1CCCC(C(C)CC(=O)O)C1. The van der Waals surface area contributed by atoms with E-state index in [0.29, 0.717) is 13.0 Å². The van der Waals surface area contributed by atoms with Gasteiger partial charge in [-0.15, -0.1) is 0 Å². The van der Waals surface area contributed by atoms with Crippen LogP contribution in [0.4, 0.5) is 0 Å². The van der Waals surface area contributed by atoms with Crippen molar-refractivity contribution in [2.45, 2.75) is 52.1 Å². The number of ether oxygens (including phenoxy) is 1. The average molecular weight is 285 g/mol. The summed E-state index contributed by atoms with van der Waals surface area (Å²) >= 11 is 0. The third-order valence-electron chi connectivity index (χ3n) is 4.24. The lowest BCUT2D eigenvalue weighted by atomic mass is 9.84. The first-order valence-electron chi connectivity index (χ1n) is 7.30. The Kier molecular flexibility index (Phi) is 5.99. The standard InChI is InChI=1S/C15H27NO4/c1-11(8-14(18)19)12-6-5-7-16(10-12)13(17)9-15(2,3)20-4/h11-12H,5-10H2,1-4H3,(H,18,19). The molecule has 1 aliphatic rings. The van der Waals surface area contributed by atoms with Gasteiger partial charge in [0.25, 0.3) is 0 Å². The normalized spacial score (nSPS) is 21.6. The molecule has 5 heteroatoms. The summed E-state index contributed by atoms with van der Waals surface area (Å²) in [6.45, 7) is 7.21. The van der Waals surface area contributed by atoms with Crippen LogP contribution in [-0.4, -0.2) is 47.7 Å². The van der Waals surface area contributed by atoms with E-state index in [2.05, 4.69) is 0 Å². The molecule has 1 N–H and O–H groups in total. The summed E-state index contributed by atoms with van der Waals surface area (Å²) in [4.78, 5) is 25.0. The summed E-state index contributed by atoms with van der Waals surface area (Å²) in [6.07, 6.45) is 2.50. The van der Waals surface area contributed by atoms with Crippen LogP contribution < -0.4 is 0 Å². The maximum atomic E-state index is 12.3. The molecule has 1 rings (SSSR count). The number of hydrogen-bond acceptors (Lipinski definition) is 3. The highest BCUT2D eigenvalue weighted by molar-refractivity contribution is 5.77. The molecule has 2 atom stereocenters. The smallest absolute Gasteiger partial charge is 0.303 e. The number of piperidine rings is 1. The molecule has 0 spiro atoms. The van der Waals surface area contributed by atoms with Gasteiger partial charge in [-0.05, 0) is 38.5 Å². The zero-order chi connectivity index (χ0) is 15.3. The molecule has 0 aromatic rings. The molecule has 1 aliphatic heterocycles. The van der Waals surface area contributed by atoms with Crippen molar-refractivity contribution in [3.05, 3.63) is 0 Å². The number of methoxy groups -OCH3 is 1. The minimum atomic E-state index is -0.763. The van der Waals surface area contributed by atoms with Crippen LogP contribution in [0.2, 0.25) is 0 Å². The highest BCUT2D eigenvalue weighted by Crippen LogP contribution is 2.27. The van der Waals surface area contributed by atoms with Gasteiger partial charge >= 0.3 is 5.97 Å². The Morgan fingerprint density at radius 1 is 1.45 bits per heavy atom. The summed E-state index contributed by atoms with van der Waals surface area (Å²) < 4.78 is 5.30. The van der Waals surface area contributed by atoms with Crippen molar-refractivity contribution < 1.29 is 19.4 Å². The van der Waals surface area contributed by atoms with Crippen molar-refractivity contribution in [2.24, 2.45) is 11.8 Å². The number of carboxylic acids is 1. The van der Waals surface area contributed by atoms with Crippen LogP contribution >= 0.6 is 0 Å². The monoisotopic (exact) mass is 285 g/mol. The van der Waals surface area contributed by atoms with Crippen molar-refractivity contribution >= 4 is 11.9 Å². The van der Waals surface area contributed by atoms with Gasteiger partial charge in [0.15, 0.2) is 0 Å². The van der Waals surface area contributed by atoms with Gasteiger partial charge in [-0.3, -0.25) is 9.59 Å². The molecule has 116 valence electrons. The Labute approximate surface area is 121 Å². The summed E-state index contributed by atoms with van der Waals surface area (Å²) in [7, 11) is 1.61. The molecule has 1 fully saturated rings. The Bertz CT molecular complexity index is 354. The van der Waals surface area contributed by atoms with E-state index in [-0.39, 0.29) is 24.2 Å². The molecule has 1 saturated heterocycles. The minimum absolute atomic E-state index is 0.101. The molecule has 5 nitrogen and oxygen atoms in total. The number of likely N-dealkylation sites (tertiary alicyclic amines) is 1. The minimum Gasteiger partial charge on any atom is -0.481 e. The Morgan fingerprint density at radius 3 is 2.65 bits per heavy atom. The zero-order valence-corrected chi connectivity index (χ0v) is 13.0. The number of hydrogen-bond donors (Lipinski definition) is 1. The molecule has 0 bridgehead atoms. The maximum absolute atomic E-state index is 12.3. The van der Waals surface area contributed by atoms with E-state index in [1.54, 1.807) is 7.11 Å². The largest absolute Gasteiger partial charge is 0.481 e. The van der Waals surface area contributed by atoms with E-state index in [0.717, 1.165) is 19.4 Å². The molecule has 0 saturated carbocycles. The number of carboxylic acid groups (broad SMARTS) is 1. The first-order chi connectivity index (χ1) is 9.25. The topological polar surface area (TPSA) is 66.8 Å². The molecule has 1 heterocycles. The molecule has 0 aromatic heterocycles. The second-order valence-corrected chi connectivity index (χ2v) is 6.46. The third-order valence-corrected chi connectivity index (χ3v) is 4.24. The third kappa shape index (κ3) is 5.12. The Morgan fingerprint density at radius 2 is 2.10 bits per heavy atom. The van der Waals surface area contributed by atoms with E-state index < -0.39 is 11.6 Å². The molecule has 0 radical (unpaired) electrons. The van der Waals surface area contributed by atoms with Crippen LogP contribution in [0.5, 0.6) is 0 Å². The first-order valence-corrected chi connectivity index (χ1v) is 7.30. The fourth-order valence-electron chi connectivity index (χ4n) is 2.69. The first kappa shape index (κ1) is 17.0. The lowest BCUT2D eigenvalue weighted by Crippen LogP contribution is -2.44. The van der Waals surface area contributed by atoms with Gasteiger partial charge in [0, 0.05) is 26.6 Å². The van der Waals surface area contributed by atoms with Gasteiger partial charge in [0.1, 0.15) is 0 Å². The molecular weight excluding hydrogens is 258 g/mol. The fraction of sp³-hybridized carbons (Fsp3) is 0.867. The highest BCUT2D eigenvalue weighted by atomic mass is 16.5. The number of nitrogens with zero attached hydrogens (tertiary/aromatic N) is 1. The van der Waals surface area contributed by atoms with E-state index in [1.807, 2.05) is 25.7 Å². The number of rotatable bonds is 6.